The molecule has 0 atom stereocenters. The molecule has 2 fully saturated rings. The largest absolute Gasteiger partial charge is 0.504 e. The van der Waals surface area contributed by atoms with Gasteiger partial charge in [0, 0.05) is 36.3 Å². The molecule has 1 aromatic heterocycles. The second kappa shape index (κ2) is 23.9. The summed E-state index contributed by atoms with van der Waals surface area (Å²) in [6.45, 7) is 5.70. The van der Waals surface area contributed by atoms with Gasteiger partial charge in [0.1, 0.15) is 22.0 Å². The van der Waals surface area contributed by atoms with Crippen LogP contribution in [-0.4, -0.2) is 71.2 Å². The topological polar surface area (TPSA) is 253 Å². The second-order valence-electron chi connectivity index (χ2n) is 16.5. The first kappa shape index (κ1) is 50.6. The van der Waals surface area contributed by atoms with Crippen molar-refractivity contribution in [3.63, 3.8) is 0 Å². The Labute approximate surface area is 410 Å². The summed E-state index contributed by atoms with van der Waals surface area (Å²) in [6, 6.07) is 20.5. The number of esters is 6. The van der Waals surface area contributed by atoms with E-state index >= 15 is 0 Å². The normalized spacial score (nSPS) is 17.3. The van der Waals surface area contributed by atoms with Crippen molar-refractivity contribution in [1.82, 2.24) is 4.98 Å². The first-order chi connectivity index (χ1) is 34.3. The number of carbonyl (C=O) groups is 6. The van der Waals surface area contributed by atoms with Crippen LogP contribution in [0.1, 0.15) is 62.5 Å². The first-order valence-corrected chi connectivity index (χ1v) is 23.4. The number of hydrogen-bond acceptors (Lipinski definition) is 19. The summed E-state index contributed by atoms with van der Waals surface area (Å²) in [6.07, 6.45) is 5.30. The number of phenolic OH excluding ortho intramolecular Hbond substituents is 2. The first-order valence-electron chi connectivity index (χ1n) is 22.6. The Bertz CT molecular complexity index is 2850. The number of rotatable bonds is 19. The number of hydrogen-bond donors (Lipinski definition) is 2. The van der Waals surface area contributed by atoms with Crippen LogP contribution in [0.3, 0.4) is 0 Å². The molecule has 2 saturated carbocycles. The highest BCUT2D eigenvalue weighted by atomic mass is 32.1. The van der Waals surface area contributed by atoms with E-state index in [0.29, 0.717) is 73.9 Å². The summed E-state index contributed by atoms with van der Waals surface area (Å²) >= 11 is 1.37. The van der Waals surface area contributed by atoms with Gasteiger partial charge in [-0.25, -0.2) is 14.6 Å². The van der Waals surface area contributed by atoms with E-state index in [-0.39, 0.29) is 47.1 Å². The Balaban J connectivity index is 0.948. The lowest BCUT2D eigenvalue weighted by Gasteiger charge is -2.26. The van der Waals surface area contributed by atoms with Crippen LogP contribution in [0.15, 0.2) is 98.1 Å². The van der Waals surface area contributed by atoms with E-state index < -0.39 is 72.9 Å². The number of aromatic nitrogens is 1. The highest BCUT2D eigenvalue weighted by Crippen LogP contribution is 2.40. The standard InChI is InChI=1S/C52H48N2O16S/c1-3-44(57)66-28-64-41-22-19-38(26-43(41)65-29-67-45(58)4-2)69-51(61)35-13-15-36(16-14-35)52(62)70-42-21-17-31(47-46(42)54-48(71-47)32-7-5-30(27-53)6-8-32)23-24-63-49(59)33-9-11-34(12-10-33)50(60)68-37-18-20-39(55)40(56)25-37/h3-8,17-22,25-26,33-36,55-56H,1-2,9-16,23-24,28-29H2. The molecular weight excluding hydrogens is 941 g/mol. The molecule has 368 valence electrons. The number of nitriles is 1. The molecule has 2 aliphatic carbocycles. The van der Waals surface area contributed by atoms with Crippen LogP contribution in [-0.2, 0) is 49.4 Å². The quantitative estimate of drug-likeness (QED) is 0.0197. The Kier molecular flexibility index (Phi) is 17.0. The lowest BCUT2D eigenvalue weighted by atomic mass is 9.82. The van der Waals surface area contributed by atoms with Crippen molar-refractivity contribution < 1.29 is 76.9 Å². The van der Waals surface area contributed by atoms with Gasteiger partial charge in [-0.05, 0) is 99.4 Å². The number of ether oxygens (including phenoxy) is 8. The van der Waals surface area contributed by atoms with Crippen LogP contribution in [0, 0.1) is 35.0 Å². The summed E-state index contributed by atoms with van der Waals surface area (Å²) in [5, 5.41) is 29.2. The maximum atomic E-state index is 13.7. The molecule has 0 radical (unpaired) electrons. The molecule has 19 heteroatoms. The molecule has 0 saturated heterocycles. The van der Waals surface area contributed by atoms with Gasteiger partial charge in [0.2, 0.25) is 13.6 Å². The molecule has 0 aliphatic heterocycles. The van der Waals surface area contributed by atoms with Crippen molar-refractivity contribution in [2.75, 3.05) is 20.2 Å². The van der Waals surface area contributed by atoms with Crippen molar-refractivity contribution in [2.45, 2.75) is 57.8 Å². The smallest absolute Gasteiger partial charge is 0.333 e. The van der Waals surface area contributed by atoms with E-state index in [9.17, 15) is 44.2 Å². The maximum Gasteiger partial charge on any atom is 0.333 e. The zero-order valence-electron chi connectivity index (χ0n) is 38.2. The number of carbonyl (C=O) groups excluding carboxylic acids is 6. The predicted molar refractivity (Wildman–Crippen MR) is 252 cm³/mol. The van der Waals surface area contributed by atoms with Crippen molar-refractivity contribution in [1.29, 1.82) is 5.26 Å². The fraction of sp³-hybridized carbons (Fsp3) is 0.308. The molecule has 18 nitrogen and oxygen atoms in total. The molecule has 7 rings (SSSR count). The molecule has 0 bridgehead atoms. The monoisotopic (exact) mass is 988 g/mol. The minimum Gasteiger partial charge on any atom is -0.504 e. The van der Waals surface area contributed by atoms with Crippen LogP contribution in [0.2, 0.25) is 0 Å². The molecular formula is C52H48N2O16S. The second-order valence-corrected chi connectivity index (χ2v) is 17.5. The highest BCUT2D eigenvalue weighted by molar-refractivity contribution is 7.21. The van der Waals surface area contributed by atoms with E-state index in [4.69, 9.17) is 42.9 Å². The molecule has 71 heavy (non-hydrogen) atoms. The molecule has 2 N–H and O–H groups in total. The third-order valence-corrected chi connectivity index (χ3v) is 13.1. The zero-order valence-corrected chi connectivity index (χ0v) is 39.0. The van der Waals surface area contributed by atoms with Gasteiger partial charge in [-0.3, -0.25) is 19.2 Å². The van der Waals surface area contributed by atoms with Gasteiger partial charge in [-0.1, -0.05) is 31.4 Å². The zero-order chi connectivity index (χ0) is 50.4. The van der Waals surface area contributed by atoms with Crippen LogP contribution >= 0.6 is 11.3 Å². The van der Waals surface area contributed by atoms with Crippen molar-refractivity contribution >= 4 is 57.4 Å². The average molecular weight is 989 g/mol. The van der Waals surface area contributed by atoms with Crippen LogP contribution in [0.25, 0.3) is 20.8 Å². The van der Waals surface area contributed by atoms with Crippen molar-refractivity contribution in [2.24, 2.45) is 23.7 Å². The molecule has 1 heterocycles. The van der Waals surface area contributed by atoms with E-state index in [2.05, 4.69) is 19.2 Å². The Morgan fingerprint density at radius 3 is 1.70 bits per heavy atom. The van der Waals surface area contributed by atoms with Gasteiger partial charge in [0.15, 0.2) is 28.7 Å². The summed E-state index contributed by atoms with van der Waals surface area (Å²) in [7, 11) is 0. The Hall–Kier alpha value is -8.24. The van der Waals surface area contributed by atoms with Crippen LogP contribution < -0.4 is 23.7 Å². The number of fused-ring (bicyclic) bond motifs is 1. The maximum absolute atomic E-state index is 13.7. The molecule has 0 unspecified atom stereocenters. The third kappa shape index (κ3) is 13.3. The fourth-order valence-electron chi connectivity index (χ4n) is 8.00. The number of aromatic hydroxyl groups is 2. The van der Waals surface area contributed by atoms with Crippen LogP contribution in [0.5, 0.6) is 40.2 Å². The minimum absolute atomic E-state index is 0.0217. The van der Waals surface area contributed by atoms with E-state index in [1.165, 1.54) is 41.7 Å². The van der Waals surface area contributed by atoms with Gasteiger partial charge in [-0.2, -0.15) is 5.26 Å². The molecule has 0 spiro atoms. The van der Waals surface area contributed by atoms with Crippen LogP contribution in [0.4, 0.5) is 0 Å². The summed E-state index contributed by atoms with van der Waals surface area (Å²) < 4.78 is 44.3. The lowest BCUT2D eigenvalue weighted by molar-refractivity contribution is -0.152. The SMILES string of the molecule is C=CC(=O)OCOc1ccc(OC(=O)C2CCC(C(=O)Oc3ccc(CCOC(=O)C4CCC(C(=O)Oc5ccc(O)c(O)c5)CC4)c4sc(-c5ccc(C#N)cc5)nc34)CC2)cc1OCOC(=O)C=C. The lowest BCUT2D eigenvalue weighted by Crippen LogP contribution is -2.30. The Morgan fingerprint density at radius 1 is 0.620 bits per heavy atom. The van der Waals surface area contributed by atoms with Gasteiger partial charge < -0.3 is 48.1 Å². The molecule has 0 amide bonds. The highest BCUT2D eigenvalue weighted by Gasteiger charge is 2.34. The molecule has 5 aromatic rings. The number of benzene rings is 4. The fourth-order valence-corrected chi connectivity index (χ4v) is 9.12. The van der Waals surface area contributed by atoms with Gasteiger partial charge >= 0.3 is 35.8 Å². The number of thiazole rings is 1. The van der Waals surface area contributed by atoms with E-state index in [0.717, 1.165) is 34.0 Å². The molecule has 2 aliphatic rings. The summed E-state index contributed by atoms with van der Waals surface area (Å²) in [4.78, 5) is 80.9. The van der Waals surface area contributed by atoms with Crippen molar-refractivity contribution in [3.05, 3.63) is 109 Å². The Morgan fingerprint density at radius 2 is 1.14 bits per heavy atom. The van der Waals surface area contributed by atoms with Gasteiger partial charge in [0.05, 0.1) is 46.6 Å². The molecule has 4 aromatic carbocycles. The van der Waals surface area contributed by atoms with Gasteiger partial charge in [0.25, 0.3) is 0 Å². The van der Waals surface area contributed by atoms with E-state index in [1.807, 2.05) is 0 Å². The predicted octanol–water partition coefficient (Wildman–Crippen LogP) is 8.19. The number of nitrogens with zero attached hydrogens (tertiary/aromatic N) is 2. The van der Waals surface area contributed by atoms with Crippen molar-refractivity contribution in [3.8, 4) is 56.9 Å². The minimum atomic E-state index is -0.736. The average Bonchev–Trinajstić information content (AvgIpc) is 3.85. The summed E-state index contributed by atoms with van der Waals surface area (Å²) in [5.41, 5.74) is 2.48. The summed E-state index contributed by atoms with van der Waals surface area (Å²) in [5.74, 6) is -5.38. The third-order valence-electron chi connectivity index (χ3n) is 11.9. The number of phenols is 2. The van der Waals surface area contributed by atoms with E-state index in [1.54, 1.807) is 36.4 Å². The van der Waals surface area contributed by atoms with Gasteiger partial charge in [-0.15, -0.1) is 11.3 Å².